The second-order valence-electron chi connectivity index (χ2n) is 4.51. The Balaban J connectivity index is 2.23. The molecule has 0 aromatic carbocycles. The summed E-state index contributed by atoms with van der Waals surface area (Å²) < 4.78 is 12.9. The predicted molar refractivity (Wildman–Crippen MR) is 76.7 cm³/mol. The van der Waals surface area contributed by atoms with Crippen LogP contribution >= 0.6 is 11.3 Å². The van der Waals surface area contributed by atoms with Gasteiger partial charge in [-0.1, -0.05) is 6.92 Å². The number of halogens is 1. The Kier molecular flexibility index (Phi) is 4.61. The monoisotopic (exact) mass is 279 g/mol. The van der Waals surface area contributed by atoms with Crippen molar-refractivity contribution in [1.82, 2.24) is 15.3 Å². The molecule has 19 heavy (non-hydrogen) atoms. The molecule has 0 saturated heterocycles. The van der Waals surface area contributed by atoms with Crippen molar-refractivity contribution >= 4 is 11.3 Å². The summed E-state index contributed by atoms with van der Waals surface area (Å²) in [7, 11) is 0. The Morgan fingerprint density at radius 3 is 2.84 bits per heavy atom. The maximum absolute atomic E-state index is 12.9. The summed E-state index contributed by atoms with van der Waals surface area (Å²) in [6.45, 7) is 7.27. The molecular weight excluding hydrogens is 261 g/mol. The third-order valence-electron chi connectivity index (χ3n) is 2.87. The maximum Gasteiger partial charge on any atom is 0.142 e. The first kappa shape index (κ1) is 14.1. The van der Waals surface area contributed by atoms with E-state index in [1.165, 1.54) is 17.1 Å². The average Bonchev–Trinajstić information content (AvgIpc) is 2.79. The fraction of sp³-hybridized carbons (Fsp3) is 0.429. The van der Waals surface area contributed by atoms with E-state index in [-0.39, 0.29) is 11.9 Å². The summed E-state index contributed by atoms with van der Waals surface area (Å²) in [5.74, 6) is -0.324. The Bertz CT molecular complexity index is 536. The topological polar surface area (TPSA) is 37.8 Å². The Morgan fingerprint density at radius 1 is 1.42 bits per heavy atom. The van der Waals surface area contributed by atoms with E-state index in [1.54, 1.807) is 17.4 Å². The predicted octanol–water partition coefficient (Wildman–Crippen LogP) is 3.71. The van der Waals surface area contributed by atoms with Crippen molar-refractivity contribution in [3.05, 3.63) is 34.7 Å². The first-order valence-electron chi connectivity index (χ1n) is 6.44. The first-order chi connectivity index (χ1) is 9.11. The van der Waals surface area contributed by atoms with Gasteiger partial charge in [0.1, 0.15) is 10.8 Å². The molecule has 3 nitrogen and oxygen atoms in total. The minimum atomic E-state index is -0.324. The molecule has 0 fully saturated rings. The van der Waals surface area contributed by atoms with Crippen molar-refractivity contribution in [3.63, 3.8) is 0 Å². The van der Waals surface area contributed by atoms with E-state index in [9.17, 15) is 4.39 Å². The molecule has 2 rings (SSSR count). The Hall–Kier alpha value is -1.33. The number of rotatable bonds is 5. The van der Waals surface area contributed by atoms with Gasteiger partial charge in [-0.05, 0) is 38.9 Å². The lowest BCUT2D eigenvalue weighted by Crippen LogP contribution is -2.18. The highest BCUT2D eigenvalue weighted by Crippen LogP contribution is 2.30. The quantitative estimate of drug-likeness (QED) is 0.906. The lowest BCUT2D eigenvalue weighted by molar-refractivity contribution is 0.575. The van der Waals surface area contributed by atoms with Crippen LogP contribution in [0.2, 0.25) is 0 Å². The van der Waals surface area contributed by atoms with Gasteiger partial charge in [0.05, 0.1) is 17.6 Å². The normalized spacial score (nSPS) is 12.6. The second-order valence-corrected chi connectivity index (χ2v) is 5.54. The van der Waals surface area contributed by atoms with Gasteiger partial charge in [-0.25, -0.2) is 9.37 Å². The standard InChI is InChI=1S/C14H18FN3S/c1-4-7-16-9(2)13-10(3)18-14(19-13)12-6-5-11(15)8-17-12/h5-6,8-9,16H,4,7H2,1-3H3. The molecule has 1 atom stereocenters. The number of nitrogens with one attached hydrogen (secondary N) is 1. The van der Waals surface area contributed by atoms with Gasteiger partial charge in [-0.3, -0.25) is 4.98 Å². The molecule has 0 bridgehead atoms. The van der Waals surface area contributed by atoms with Crippen LogP contribution in [0.3, 0.4) is 0 Å². The lowest BCUT2D eigenvalue weighted by Gasteiger charge is -2.11. The van der Waals surface area contributed by atoms with Gasteiger partial charge in [0.25, 0.3) is 0 Å². The van der Waals surface area contributed by atoms with Crippen LogP contribution in [0, 0.1) is 12.7 Å². The van der Waals surface area contributed by atoms with E-state index >= 15 is 0 Å². The summed E-state index contributed by atoms with van der Waals surface area (Å²) in [5, 5.41) is 4.30. The molecule has 0 aliphatic heterocycles. The van der Waals surface area contributed by atoms with Gasteiger partial charge in [0.15, 0.2) is 0 Å². The zero-order valence-electron chi connectivity index (χ0n) is 11.4. The van der Waals surface area contributed by atoms with Crippen LogP contribution < -0.4 is 5.32 Å². The molecule has 1 N–H and O–H groups in total. The summed E-state index contributed by atoms with van der Waals surface area (Å²) in [4.78, 5) is 9.83. The van der Waals surface area contributed by atoms with Crippen LogP contribution in [-0.4, -0.2) is 16.5 Å². The third-order valence-corrected chi connectivity index (χ3v) is 4.24. The molecule has 2 aromatic heterocycles. The summed E-state index contributed by atoms with van der Waals surface area (Å²) in [6, 6.07) is 3.37. The smallest absolute Gasteiger partial charge is 0.142 e. The highest BCUT2D eigenvalue weighted by Gasteiger charge is 2.15. The van der Waals surface area contributed by atoms with Crippen molar-refractivity contribution in [2.75, 3.05) is 6.54 Å². The van der Waals surface area contributed by atoms with Gasteiger partial charge in [0, 0.05) is 10.9 Å². The van der Waals surface area contributed by atoms with E-state index in [2.05, 4.69) is 29.1 Å². The number of thiazole rings is 1. The highest BCUT2D eigenvalue weighted by molar-refractivity contribution is 7.15. The van der Waals surface area contributed by atoms with Crippen molar-refractivity contribution < 1.29 is 4.39 Å². The van der Waals surface area contributed by atoms with Gasteiger partial charge >= 0.3 is 0 Å². The van der Waals surface area contributed by atoms with Crippen LogP contribution in [0.4, 0.5) is 4.39 Å². The number of nitrogens with zero attached hydrogens (tertiary/aromatic N) is 2. The maximum atomic E-state index is 12.9. The van der Waals surface area contributed by atoms with Crippen molar-refractivity contribution in [2.24, 2.45) is 0 Å². The van der Waals surface area contributed by atoms with Crippen molar-refractivity contribution in [2.45, 2.75) is 33.2 Å². The largest absolute Gasteiger partial charge is 0.309 e. The van der Waals surface area contributed by atoms with Gasteiger partial charge in [0.2, 0.25) is 0 Å². The SMILES string of the molecule is CCCNC(C)c1sc(-c2ccc(F)cn2)nc1C. The minimum Gasteiger partial charge on any atom is -0.309 e. The molecule has 1 unspecified atom stereocenters. The zero-order chi connectivity index (χ0) is 13.8. The number of pyridine rings is 1. The highest BCUT2D eigenvalue weighted by atomic mass is 32.1. The zero-order valence-corrected chi connectivity index (χ0v) is 12.2. The number of aromatic nitrogens is 2. The molecule has 0 radical (unpaired) electrons. The van der Waals surface area contributed by atoms with Crippen molar-refractivity contribution in [1.29, 1.82) is 0 Å². The summed E-state index contributed by atoms with van der Waals surface area (Å²) in [6.07, 6.45) is 2.33. The Labute approximate surface area is 116 Å². The van der Waals surface area contributed by atoms with Crippen LogP contribution in [0.25, 0.3) is 10.7 Å². The van der Waals surface area contributed by atoms with Crippen LogP contribution in [0.1, 0.15) is 36.9 Å². The van der Waals surface area contributed by atoms with Crippen molar-refractivity contribution in [3.8, 4) is 10.7 Å². The van der Waals surface area contributed by atoms with Gasteiger partial charge in [-0.15, -0.1) is 11.3 Å². The van der Waals surface area contributed by atoms with Gasteiger partial charge < -0.3 is 5.32 Å². The second kappa shape index (κ2) is 6.21. The minimum absolute atomic E-state index is 0.284. The number of hydrogen-bond donors (Lipinski definition) is 1. The van der Waals surface area contributed by atoms with Gasteiger partial charge in [-0.2, -0.15) is 0 Å². The average molecular weight is 279 g/mol. The molecule has 2 heterocycles. The molecule has 5 heteroatoms. The Morgan fingerprint density at radius 2 is 2.21 bits per heavy atom. The molecule has 2 aromatic rings. The van der Waals surface area contributed by atoms with Crippen LogP contribution in [-0.2, 0) is 0 Å². The summed E-state index contributed by atoms with van der Waals surface area (Å²) in [5.41, 5.74) is 1.74. The molecule has 0 saturated carbocycles. The van der Waals surface area contributed by atoms with E-state index < -0.39 is 0 Å². The molecule has 0 aliphatic rings. The summed E-state index contributed by atoms with van der Waals surface area (Å²) >= 11 is 1.62. The van der Waals surface area contributed by atoms with Crippen LogP contribution in [0.15, 0.2) is 18.3 Å². The first-order valence-corrected chi connectivity index (χ1v) is 7.26. The fourth-order valence-electron chi connectivity index (χ4n) is 1.88. The number of aryl methyl sites for hydroxylation is 1. The van der Waals surface area contributed by atoms with E-state index in [4.69, 9.17) is 0 Å². The fourth-order valence-corrected chi connectivity index (χ4v) is 2.95. The van der Waals surface area contributed by atoms with Crippen LogP contribution in [0.5, 0.6) is 0 Å². The van der Waals surface area contributed by atoms with E-state index in [0.29, 0.717) is 0 Å². The van der Waals surface area contributed by atoms with E-state index in [1.807, 2.05) is 6.92 Å². The third kappa shape index (κ3) is 3.36. The molecule has 0 spiro atoms. The number of hydrogen-bond acceptors (Lipinski definition) is 4. The molecule has 0 aliphatic carbocycles. The lowest BCUT2D eigenvalue weighted by atomic mass is 10.2. The molecule has 0 amide bonds. The molecule has 102 valence electrons. The van der Waals surface area contributed by atoms with E-state index in [0.717, 1.165) is 29.4 Å². The molecular formula is C14H18FN3S.